The van der Waals surface area contributed by atoms with Gasteiger partial charge in [0.2, 0.25) is 0 Å². The summed E-state index contributed by atoms with van der Waals surface area (Å²) in [5.41, 5.74) is 5.97. The molecule has 0 bridgehead atoms. The van der Waals surface area contributed by atoms with E-state index < -0.39 is 0 Å². The molecule has 24 heavy (non-hydrogen) atoms. The molecule has 0 aliphatic rings. The van der Waals surface area contributed by atoms with Crippen LogP contribution >= 0.6 is 11.3 Å². The number of aromatic nitrogens is 3. The highest BCUT2D eigenvalue weighted by molar-refractivity contribution is 7.15. The highest BCUT2D eigenvalue weighted by atomic mass is 32.1. The van der Waals surface area contributed by atoms with Crippen LogP contribution in [0, 0.1) is 27.7 Å². The van der Waals surface area contributed by atoms with Gasteiger partial charge in [-0.15, -0.1) is 21.5 Å². The zero-order chi connectivity index (χ0) is 17.4. The van der Waals surface area contributed by atoms with Crippen molar-refractivity contribution in [3.8, 4) is 5.00 Å². The van der Waals surface area contributed by atoms with Gasteiger partial charge in [-0.2, -0.15) is 0 Å². The number of hydrogen-bond donors (Lipinski definition) is 0. The van der Waals surface area contributed by atoms with E-state index >= 15 is 0 Å². The summed E-state index contributed by atoms with van der Waals surface area (Å²) in [7, 11) is 0. The Morgan fingerprint density at radius 3 is 2.38 bits per heavy atom. The fourth-order valence-corrected chi connectivity index (χ4v) is 4.17. The largest absolute Gasteiger partial charge is 0.273 e. The van der Waals surface area contributed by atoms with Gasteiger partial charge in [-0.25, -0.2) is 0 Å². The van der Waals surface area contributed by atoms with Crippen LogP contribution in [0.3, 0.4) is 0 Å². The number of aryl methyl sites for hydroxylation is 4. The van der Waals surface area contributed by atoms with E-state index in [1.807, 2.05) is 6.92 Å². The second-order valence-corrected chi connectivity index (χ2v) is 7.36. The monoisotopic (exact) mass is 337 g/mol. The van der Waals surface area contributed by atoms with Crippen LogP contribution in [-0.2, 0) is 6.42 Å². The van der Waals surface area contributed by atoms with Gasteiger partial charge in [0.25, 0.3) is 0 Å². The maximum absolute atomic E-state index is 4.41. The van der Waals surface area contributed by atoms with Gasteiger partial charge >= 0.3 is 0 Å². The minimum atomic E-state index is 0.854. The van der Waals surface area contributed by atoms with Crippen LogP contribution in [-0.4, -0.2) is 14.8 Å². The minimum absolute atomic E-state index is 0.854. The summed E-state index contributed by atoms with van der Waals surface area (Å²) in [6.07, 6.45) is 0.854. The van der Waals surface area contributed by atoms with Gasteiger partial charge in [0.05, 0.1) is 0 Å². The first-order valence-corrected chi connectivity index (χ1v) is 9.03. The third-order valence-electron chi connectivity index (χ3n) is 4.48. The average Bonchev–Trinajstić information content (AvgIpc) is 3.07. The molecule has 3 aromatic rings. The van der Waals surface area contributed by atoms with Crippen LogP contribution in [0.25, 0.3) is 10.6 Å². The van der Waals surface area contributed by atoms with Crippen LogP contribution in [0.5, 0.6) is 0 Å². The molecule has 0 fully saturated rings. The molecule has 4 heteroatoms. The Kier molecular flexibility index (Phi) is 4.41. The number of benzene rings is 1. The van der Waals surface area contributed by atoms with Gasteiger partial charge < -0.3 is 0 Å². The SMILES string of the molecule is C=C(c1ccc(C)cc1)c1c(-n2c(C)nnc2CC)sc(C)c1C. The van der Waals surface area contributed by atoms with Gasteiger partial charge in [-0.3, -0.25) is 4.57 Å². The molecule has 0 N–H and O–H groups in total. The van der Waals surface area contributed by atoms with Gasteiger partial charge in [0.1, 0.15) is 16.6 Å². The van der Waals surface area contributed by atoms with Crippen LogP contribution in [0.4, 0.5) is 0 Å². The smallest absolute Gasteiger partial charge is 0.137 e. The minimum Gasteiger partial charge on any atom is -0.273 e. The van der Waals surface area contributed by atoms with Crippen LogP contribution in [0.2, 0.25) is 0 Å². The quantitative estimate of drug-likeness (QED) is 0.656. The number of thiophene rings is 1. The summed E-state index contributed by atoms with van der Waals surface area (Å²) in [6, 6.07) is 8.56. The number of hydrogen-bond acceptors (Lipinski definition) is 3. The molecule has 1 aromatic carbocycles. The lowest BCUT2D eigenvalue weighted by Gasteiger charge is -2.13. The molecule has 124 valence electrons. The van der Waals surface area contributed by atoms with Crippen molar-refractivity contribution in [1.82, 2.24) is 14.8 Å². The summed E-state index contributed by atoms with van der Waals surface area (Å²) >= 11 is 1.79. The molecule has 0 amide bonds. The van der Waals surface area contributed by atoms with Gasteiger partial charge in [0.15, 0.2) is 0 Å². The van der Waals surface area contributed by atoms with Crippen molar-refractivity contribution < 1.29 is 0 Å². The third-order valence-corrected chi connectivity index (χ3v) is 5.67. The molecule has 0 radical (unpaired) electrons. The molecule has 2 heterocycles. The summed E-state index contributed by atoms with van der Waals surface area (Å²) in [5.74, 6) is 1.91. The van der Waals surface area contributed by atoms with Gasteiger partial charge in [-0.05, 0) is 44.4 Å². The molecule has 2 aromatic heterocycles. The first kappa shape index (κ1) is 16.7. The lowest BCUT2D eigenvalue weighted by Crippen LogP contribution is -2.03. The zero-order valence-corrected chi connectivity index (χ0v) is 15.8. The molecule has 3 rings (SSSR count). The molecule has 0 spiro atoms. The molecule has 0 aliphatic carbocycles. The maximum Gasteiger partial charge on any atom is 0.137 e. The Bertz CT molecular complexity index is 898. The van der Waals surface area contributed by atoms with Crippen molar-refractivity contribution in [1.29, 1.82) is 0 Å². The predicted molar refractivity (Wildman–Crippen MR) is 102 cm³/mol. The Hall–Kier alpha value is -2.20. The van der Waals surface area contributed by atoms with E-state index in [1.54, 1.807) is 11.3 Å². The Balaban J connectivity index is 2.20. The van der Waals surface area contributed by atoms with Gasteiger partial charge in [-0.1, -0.05) is 43.3 Å². The van der Waals surface area contributed by atoms with Crippen molar-refractivity contribution in [3.05, 3.63) is 69.6 Å². The fourth-order valence-electron chi connectivity index (χ4n) is 2.92. The Morgan fingerprint density at radius 1 is 1.08 bits per heavy atom. The number of nitrogens with zero attached hydrogens (tertiary/aromatic N) is 3. The molecule has 0 saturated carbocycles. The van der Waals surface area contributed by atoms with Crippen molar-refractivity contribution in [2.24, 2.45) is 0 Å². The highest BCUT2D eigenvalue weighted by Crippen LogP contribution is 2.38. The summed E-state index contributed by atoms with van der Waals surface area (Å²) in [5, 5.41) is 9.78. The van der Waals surface area contributed by atoms with E-state index in [2.05, 4.69) is 73.3 Å². The molecule has 0 aliphatic heterocycles. The second kappa shape index (κ2) is 6.36. The molecule has 0 saturated heterocycles. The standard InChI is InChI=1S/C20H23N3S/c1-7-18-22-21-16(6)23(18)20-19(13(3)15(5)24-20)14(4)17-10-8-12(2)9-11-17/h8-11H,4,7H2,1-3,5-6H3. The number of rotatable bonds is 4. The van der Waals surface area contributed by atoms with E-state index in [1.165, 1.54) is 26.6 Å². The van der Waals surface area contributed by atoms with Crippen LogP contribution < -0.4 is 0 Å². The Morgan fingerprint density at radius 2 is 1.75 bits per heavy atom. The topological polar surface area (TPSA) is 30.7 Å². The first-order valence-electron chi connectivity index (χ1n) is 8.21. The molecular weight excluding hydrogens is 314 g/mol. The molecule has 0 atom stereocenters. The van der Waals surface area contributed by atoms with Crippen molar-refractivity contribution in [2.45, 2.75) is 41.0 Å². The molecule has 0 unspecified atom stereocenters. The lowest BCUT2D eigenvalue weighted by atomic mass is 9.96. The lowest BCUT2D eigenvalue weighted by molar-refractivity contribution is 0.880. The van der Waals surface area contributed by atoms with Crippen molar-refractivity contribution in [3.63, 3.8) is 0 Å². The van der Waals surface area contributed by atoms with E-state index in [0.717, 1.165) is 29.2 Å². The summed E-state index contributed by atoms with van der Waals surface area (Å²) in [6.45, 7) is 15.0. The highest BCUT2D eigenvalue weighted by Gasteiger charge is 2.21. The predicted octanol–water partition coefficient (Wildman–Crippen LogP) is 5.19. The second-order valence-electron chi connectivity index (χ2n) is 6.16. The van der Waals surface area contributed by atoms with Crippen molar-refractivity contribution in [2.75, 3.05) is 0 Å². The zero-order valence-electron chi connectivity index (χ0n) is 15.0. The van der Waals surface area contributed by atoms with Crippen molar-refractivity contribution >= 4 is 16.9 Å². The van der Waals surface area contributed by atoms with Gasteiger partial charge in [0, 0.05) is 16.9 Å². The average molecular weight is 337 g/mol. The van der Waals surface area contributed by atoms with E-state index in [-0.39, 0.29) is 0 Å². The summed E-state index contributed by atoms with van der Waals surface area (Å²) in [4.78, 5) is 1.31. The summed E-state index contributed by atoms with van der Waals surface area (Å²) < 4.78 is 2.18. The first-order chi connectivity index (χ1) is 11.4. The van der Waals surface area contributed by atoms with E-state index in [0.29, 0.717) is 0 Å². The Labute approximate surface area is 147 Å². The fraction of sp³-hybridized carbons (Fsp3) is 0.300. The maximum atomic E-state index is 4.41. The van der Waals surface area contributed by atoms with E-state index in [9.17, 15) is 0 Å². The third kappa shape index (κ3) is 2.71. The molecular formula is C20H23N3S. The molecule has 3 nitrogen and oxygen atoms in total. The van der Waals surface area contributed by atoms with Crippen LogP contribution in [0.15, 0.2) is 30.8 Å². The van der Waals surface area contributed by atoms with E-state index in [4.69, 9.17) is 0 Å². The normalized spacial score (nSPS) is 11.0. The van der Waals surface area contributed by atoms with Crippen LogP contribution in [0.1, 0.15) is 45.7 Å².